The molecule has 5 nitrogen and oxygen atoms in total. The molecule has 2 aromatic carbocycles. The molecule has 1 unspecified atom stereocenters. The summed E-state index contributed by atoms with van der Waals surface area (Å²) in [6.45, 7) is 9.66. The second-order valence-electron chi connectivity index (χ2n) is 7.04. The van der Waals surface area contributed by atoms with Crippen LogP contribution in [0.25, 0.3) is 0 Å². The number of anilines is 2. The van der Waals surface area contributed by atoms with Crippen molar-refractivity contribution in [3.63, 3.8) is 0 Å². The molecule has 0 amide bonds. The average Bonchev–Trinajstić information content (AvgIpc) is 2.67. The van der Waals surface area contributed by atoms with Crippen LogP contribution in [0.15, 0.2) is 50.6 Å². The maximum Gasteiger partial charge on any atom is 0.0909 e. The largest absolute Gasteiger partial charge is 0.366 e. The van der Waals surface area contributed by atoms with E-state index in [9.17, 15) is 4.21 Å². The van der Waals surface area contributed by atoms with Gasteiger partial charge in [-0.2, -0.15) is 0 Å². The number of hydrogen-bond acceptors (Lipinski definition) is 4. The summed E-state index contributed by atoms with van der Waals surface area (Å²) in [4.78, 5) is 9.57. The standard InChI is InChI=1S/C22H32N4OS/c1-8-24-28(7,27)20-12-10-19(11-13-20)26(6)22-15-17(3)21(14-18(22)4)23-16-25(5)9-2/h10-16H,8-9H2,1-7H3/b23-16+. The van der Waals surface area contributed by atoms with Gasteiger partial charge in [-0.1, -0.05) is 0 Å². The summed E-state index contributed by atoms with van der Waals surface area (Å²) in [5.41, 5.74) is 5.44. The summed E-state index contributed by atoms with van der Waals surface area (Å²) in [7, 11) is 1.74. The van der Waals surface area contributed by atoms with Gasteiger partial charge in [-0.3, -0.25) is 0 Å². The van der Waals surface area contributed by atoms with Crippen molar-refractivity contribution in [2.75, 3.05) is 38.3 Å². The van der Waals surface area contributed by atoms with Gasteiger partial charge in [0.2, 0.25) is 0 Å². The highest BCUT2D eigenvalue weighted by Crippen LogP contribution is 2.32. The van der Waals surface area contributed by atoms with Crippen LogP contribution in [0.4, 0.5) is 17.1 Å². The highest BCUT2D eigenvalue weighted by molar-refractivity contribution is 7.93. The predicted molar refractivity (Wildman–Crippen MR) is 122 cm³/mol. The molecule has 1 atom stereocenters. The second-order valence-corrected chi connectivity index (χ2v) is 9.38. The van der Waals surface area contributed by atoms with Gasteiger partial charge in [0.05, 0.1) is 21.8 Å². The zero-order valence-electron chi connectivity index (χ0n) is 18.1. The zero-order valence-corrected chi connectivity index (χ0v) is 18.9. The van der Waals surface area contributed by atoms with E-state index in [0.29, 0.717) is 6.54 Å². The topological polar surface area (TPSA) is 48.3 Å². The SMILES string of the molecule is CCN=S(C)(=O)c1ccc(N(C)c2cc(C)c(/N=C/N(C)CC)cc2C)cc1. The van der Waals surface area contributed by atoms with E-state index in [1.54, 1.807) is 6.26 Å². The number of rotatable bonds is 7. The van der Waals surface area contributed by atoms with Gasteiger partial charge in [-0.25, -0.2) is 13.6 Å². The molecular formula is C22H32N4OS. The second kappa shape index (κ2) is 9.24. The molecule has 0 saturated heterocycles. The molecule has 0 fully saturated rings. The fourth-order valence-electron chi connectivity index (χ4n) is 2.91. The Labute approximate surface area is 170 Å². The molecule has 0 aliphatic heterocycles. The molecule has 152 valence electrons. The number of benzene rings is 2. The smallest absolute Gasteiger partial charge is 0.0909 e. The van der Waals surface area contributed by atoms with E-state index < -0.39 is 9.73 Å². The minimum Gasteiger partial charge on any atom is -0.366 e. The lowest BCUT2D eigenvalue weighted by molar-refractivity contribution is 0.552. The van der Waals surface area contributed by atoms with E-state index in [1.165, 1.54) is 0 Å². The van der Waals surface area contributed by atoms with E-state index in [2.05, 4.69) is 47.2 Å². The molecule has 0 aromatic heterocycles. The van der Waals surface area contributed by atoms with Gasteiger partial charge in [0.1, 0.15) is 0 Å². The van der Waals surface area contributed by atoms with Gasteiger partial charge in [-0.15, -0.1) is 0 Å². The first-order valence-electron chi connectivity index (χ1n) is 9.57. The summed E-state index contributed by atoms with van der Waals surface area (Å²) in [5.74, 6) is 0. The Balaban J connectivity index is 2.33. The third-order valence-corrected chi connectivity index (χ3v) is 6.70. The molecule has 28 heavy (non-hydrogen) atoms. The number of aliphatic imine (C=N–C) groups is 1. The van der Waals surface area contributed by atoms with Crippen molar-refractivity contribution in [1.82, 2.24) is 4.90 Å². The quantitative estimate of drug-likeness (QED) is 0.476. The molecule has 0 saturated carbocycles. The molecule has 0 aliphatic carbocycles. The summed E-state index contributed by atoms with van der Waals surface area (Å²) in [6.07, 6.45) is 3.56. The van der Waals surface area contributed by atoms with Crippen LogP contribution in [0.1, 0.15) is 25.0 Å². The molecule has 0 radical (unpaired) electrons. The Bertz CT molecular complexity index is 957. The highest BCUT2D eigenvalue weighted by Gasteiger charge is 2.12. The normalized spacial score (nSPS) is 13.4. The van der Waals surface area contributed by atoms with Crippen molar-refractivity contribution < 1.29 is 4.21 Å². The summed E-state index contributed by atoms with van der Waals surface area (Å²) < 4.78 is 16.8. The molecule has 2 rings (SSSR count). The van der Waals surface area contributed by atoms with Gasteiger partial charge in [0.15, 0.2) is 0 Å². The lowest BCUT2D eigenvalue weighted by Gasteiger charge is -2.23. The maximum absolute atomic E-state index is 12.6. The van der Waals surface area contributed by atoms with E-state index in [0.717, 1.165) is 39.6 Å². The molecule has 0 spiro atoms. The van der Waals surface area contributed by atoms with E-state index in [4.69, 9.17) is 0 Å². The summed E-state index contributed by atoms with van der Waals surface area (Å²) in [5, 5.41) is 0. The third kappa shape index (κ3) is 5.13. The lowest BCUT2D eigenvalue weighted by Crippen LogP contribution is -2.14. The Hall–Kier alpha value is -2.34. The van der Waals surface area contributed by atoms with Crippen molar-refractivity contribution in [2.24, 2.45) is 9.36 Å². The van der Waals surface area contributed by atoms with Gasteiger partial charge in [-0.05, 0) is 75.2 Å². The molecule has 0 heterocycles. The number of aryl methyl sites for hydroxylation is 2. The Morgan fingerprint density at radius 3 is 2.25 bits per heavy atom. The molecular weight excluding hydrogens is 368 g/mol. The van der Waals surface area contributed by atoms with Crippen molar-refractivity contribution in [3.8, 4) is 0 Å². The lowest BCUT2D eigenvalue weighted by atomic mass is 10.1. The molecule has 0 bridgehead atoms. The Morgan fingerprint density at radius 1 is 1.04 bits per heavy atom. The first kappa shape index (κ1) is 22.0. The minimum absolute atomic E-state index is 0.554. The Kier molecular flexibility index (Phi) is 7.24. The monoisotopic (exact) mass is 400 g/mol. The van der Waals surface area contributed by atoms with E-state index >= 15 is 0 Å². The first-order valence-corrected chi connectivity index (χ1v) is 11.5. The fourth-order valence-corrected chi connectivity index (χ4v) is 4.19. The number of nitrogens with zero attached hydrogens (tertiary/aromatic N) is 4. The van der Waals surface area contributed by atoms with Gasteiger partial charge < -0.3 is 9.80 Å². The summed E-state index contributed by atoms with van der Waals surface area (Å²) in [6, 6.07) is 12.1. The average molecular weight is 401 g/mol. The van der Waals surface area contributed by atoms with Crippen LogP contribution < -0.4 is 4.90 Å². The Morgan fingerprint density at radius 2 is 1.68 bits per heavy atom. The minimum atomic E-state index is -2.32. The van der Waals surface area contributed by atoms with E-state index in [1.807, 2.05) is 56.5 Å². The van der Waals surface area contributed by atoms with Crippen LogP contribution in [-0.2, 0) is 9.73 Å². The number of hydrogen-bond donors (Lipinski definition) is 0. The van der Waals surface area contributed by atoms with Crippen LogP contribution in [0, 0.1) is 13.8 Å². The molecule has 0 aliphatic rings. The molecule has 2 aromatic rings. The van der Waals surface area contributed by atoms with E-state index in [-0.39, 0.29) is 0 Å². The van der Waals surface area contributed by atoms with Crippen LogP contribution >= 0.6 is 0 Å². The van der Waals surface area contributed by atoms with Crippen LogP contribution in [0.5, 0.6) is 0 Å². The third-order valence-electron chi connectivity index (χ3n) is 4.81. The zero-order chi connectivity index (χ0) is 20.9. The fraction of sp³-hybridized carbons (Fsp3) is 0.409. The van der Waals surface area contributed by atoms with Crippen molar-refractivity contribution in [2.45, 2.75) is 32.6 Å². The summed E-state index contributed by atoms with van der Waals surface area (Å²) >= 11 is 0. The van der Waals surface area contributed by atoms with Crippen molar-refractivity contribution >= 4 is 33.1 Å². The molecule has 0 N–H and O–H groups in total. The van der Waals surface area contributed by atoms with Gasteiger partial charge in [0, 0.05) is 49.7 Å². The first-order chi connectivity index (χ1) is 13.2. The van der Waals surface area contributed by atoms with Gasteiger partial charge >= 0.3 is 0 Å². The highest BCUT2D eigenvalue weighted by atomic mass is 32.2. The van der Waals surface area contributed by atoms with Gasteiger partial charge in [0.25, 0.3) is 0 Å². The van der Waals surface area contributed by atoms with Crippen molar-refractivity contribution in [1.29, 1.82) is 0 Å². The predicted octanol–water partition coefficient (Wildman–Crippen LogP) is 5.16. The van der Waals surface area contributed by atoms with Crippen LogP contribution in [0.3, 0.4) is 0 Å². The van der Waals surface area contributed by atoms with Crippen molar-refractivity contribution in [3.05, 3.63) is 47.5 Å². The maximum atomic E-state index is 12.6. The molecule has 6 heteroatoms. The van der Waals surface area contributed by atoms with Crippen LogP contribution in [-0.4, -0.2) is 48.9 Å². The van der Waals surface area contributed by atoms with Crippen LogP contribution in [0.2, 0.25) is 0 Å².